The second kappa shape index (κ2) is 8.99. The van der Waals surface area contributed by atoms with Crippen LogP contribution < -0.4 is 4.90 Å². The fourth-order valence-corrected chi connectivity index (χ4v) is 4.55. The molecule has 1 aliphatic heterocycles. The van der Waals surface area contributed by atoms with E-state index in [1.165, 1.54) is 18.3 Å². The third-order valence-electron chi connectivity index (χ3n) is 6.36. The molecule has 0 aliphatic carbocycles. The Kier molecular flexibility index (Phi) is 5.69. The van der Waals surface area contributed by atoms with Gasteiger partial charge in [-0.05, 0) is 23.8 Å². The van der Waals surface area contributed by atoms with Gasteiger partial charge in [0, 0.05) is 68.4 Å². The van der Waals surface area contributed by atoms with Gasteiger partial charge in [0.25, 0.3) is 5.69 Å². The average Bonchev–Trinajstić information content (AvgIpc) is 3.53. The Morgan fingerprint density at radius 2 is 1.89 bits per heavy atom. The maximum absolute atomic E-state index is 12.1. The molecule has 1 amide bonds. The smallest absolute Gasteiger partial charge is 0.293 e. The molecule has 0 saturated carbocycles. The molecule has 1 aromatic carbocycles. The molecule has 0 unspecified atom stereocenters. The minimum absolute atomic E-state index is 0.0426. The van der Waals surface area contributed by atoms with Crippen molar-refractivity contribution in [3.05, 3.63) is 77.4 Å². The summed E-state index contributed by atoms with van der Waals surface area (Å²) in [5.41, 5.74) is 4.31. The van der Waals surface area contributed by atoms with E-state index in [1.54, 1.807) is 26.4 Å². The molecular weight excluding hydrogens is 460 g/mol. The highest BCUT2D eigenvalue weighted by Crippen LogP contribution is 2.37. The van der Waals surface area contributed by atoms with Crippen molar-refractivity contribution in [2.75, 3.05) is 31.1 Å². The normalized spacial score (nSPS) is 13.6. The topological polar surface area (TPSA) is 126 Å². The zero-order valence-electron chi connectivity index (χ0n) is 19.5. The van der Waals surface area contributed by atoms with E-state index in [9.17, 15) is 20.2 Å². The first-order chi connectivity index (χ1) is 17.4. The van der Waals surface area contributed by atoms with Crippen molar-refractivity contribution in [2.24, 2.45) is 7.05 Å². The lowest BCUT2D eigenvalue weighted by Gasteiger charge is -2.35. The Labute approximate surface area is 206 Å². The van der Waals surface area contributed by atoms with E-state index in [4.69, 9.17) is 0 Å². The van der Waals surface area contributed by atoms with Crippen molar-refractivity contribution in [3.8, 4) is 28.3 Å². The number of aryl methyl sites for hydroxylation is 1. The molecule has 4 aromatic rings. The van der Waals surface area contributed by atoms with Gasteiger partial charge in [0.1, 0.15) is 11.8 Å². The summed E-state index contributed by atoms with van der Waals surface area (Å²) < 4.78 is 3.30. The second-order valence-corrected chi connectivity index (χ2v) is 8.49. The van der Waals surface area contributed by atoms with Crippen LogP contribution in [0.5, 0.6) is 0 Å². The van der Waals surface area contributed by atoms with Crippen LogP contribution in [0.15, 0.2) is 61.7 Å². The first-order valence-electron chi connectivity index (χ1n) is 11.2. The third kappa shape index (κ3) is 3.94. The zero-order valence-corrected chi connectivity index (χ0v) is 19.5. The average molecular weight is 483 g/mol. The van der Waals surface area contributed by atoms with E-state index in [0.29, 0.717) is 54.1 Å². The highest BCUT2D eigenvalue weighted by molar-refractivity contribution is 5.90. The van der Waals surface area contributed by atoms with Gasteiger partial charge < -0.3 is 9.80 Å². The Bertz CT molecular complexity index is 1550. The van der Waals surface area contributed by atoms with E-state index >= 15 is 0 Å². The number of anilines is 1. The minimum Gasteiger partial charge on any atom is -0.362 e. The SMILES string of the molecule is C=CC(=O)N1CCN(c2ccc(-c3cc(-c4cnn(C)c4)cn4ncc(C#N)c34)cc2[N+](=O)[O-])CC1. The molecular formula is C25H22N8O3. The largest absolute Gasteiger partial charge is 0.362 e. The number of aromatic nitrogens is 4. The summed E-state index contributed by atoms with van der Waals surface area (Å²) in [7, 11) is 1.82. The van der Waals surface area contributed by atoms with Gasteiger partial charge in [0.05, 0.1) is 28.4 Å². The number of hydrogen-bond donors (Lipinski definition) is 0. The number of nitrogens with zero attached hydrogens (tertiary/aromatic N) is 8. The van der Waals surface area contributed by atoms with Crippen LogP contribution >= 0.6 is 0 Å². The zero-order chi connectivity index (χ0) is 25.4. The van der Waals surface area contributed by atoms with E-state index in [1.807, 2.05) is 36.5 Å². The number of hydrogen-bond acceptors (Lipinski definition) is 7. The number of nitriles is 1. The number of carbonyl (C=O) groups is 1. The number of nitro groups is 1. The van der Waals surface area contributed by atoms with Crippen molar-refractivity contribution in [1.82, 2.24) is 24.3 Å². The van der Waals surface area contributed by atoms with Gasteiger partial charge in [-0.15, -0.1) is 0 Å². The van der Waals surface area contributed by atoms with Gasteiger partial charge in [-0.2, -0.15) is 15.5 Å². The number of rotatable bonds is 5. The van der Waals surface area contributed by atoms with Crippen LogP contribution in [0, 0.1) is 21.4 Å². The Morgan fingerprint density at radius 3 is 2.53 bits per heavy atom. The Morgan fingerprint density at radius 1 is 1.11 bits per heavy atom. The van der Waals surface area contributed by atoms with Crippen molar-refractivity contribution >= 4 is 22.8 Å². The van der Waals surface area contributed by atoms with Crippen LogP contribution in [0.1, 0.15) is 5.56 Å². The first kappa shape index (κ1) is 22.8. The van der Waals surface area contributed by atoms with Crippen LogP contribution in [0.25, 0.3) is 27.8 Å². The molecule has 36 heavy (non-hydrogen) atoms. The minimum atomic E-state index is -0.399. The number of piperazine rings is 1. The van der Waals surface area contributed by atoms with Crippen LogP contribution in [0.4, 0.5) is 11.4 Å². The van der Waals surface area contributed by atoms with Gasteiger partial charge in [-0.25, -0.2) is 4.52 Å². The third-order valence-corrected chi connectivity index (χ3v) is 6.36. The molecule has 4 heterocycles. The maximum atomic E-state index is 12.1. The Hall–Kier alpha value is -4.98. The lowest BCUT2D eigenvalue weighted by atomic mass is 9.99. The number of amides is 1. The molecule has 3 aromatic heterocycles. The summed E-state index contributed by atoms with van der Waals surface area (Å²) in [5.74, 6) is -0.147. The molecule has 1 aliphatic rings. The quantitative estimate of drug-likeness (QED) is 0.243. The predicted octanol–water partition coefficient (Wildman–Crippen LogP) is 3.02. The lowest BCUT2D eigenvalue weighted by molar-refractivity contribution is -0.384. The van der Waals surface area contributed by atoms with E-state index in [0.717, 1.165) is 11.1 Å². The monoisotopic (exact) mass is 482 g/mol. The summed E-state index contributed by atoms with van der Waals surface area (Å²) >= 11 is 0. The summed E-state index contributed by atoms with van der Waals surface area (Å²) in [6, 6.07) is 9.14. The van der Waals surface area contributed by atoms with Crippen molar-refractivity contribution in [3.63, 3.8) is 0 Å². The molecule has 0 spiro atoms. The van der Waals surface area contributed by atoms with Gasteiger partial charge in [-0.3, -0.25) is 19.6 Å². The molecule has 1 saturated heterocycles. The van der Waals surface area contributed by atoms with Gasteiger partial charge in [-0.1, -0.05) is 12.6 Å². The summed E-state index contributed by atoms with van der Waals surface area (Å²) in [4.78, 5) is 27.2. The lowest BCUT2D eigenvalue weighted by Crippen LogP contribution is -2.48. The number of pyridine rings is 1. The molecule has 0 atom stereocenters. The van der Waals surface area contributed by atoms with Gasteiger partial charge >= 0.3 is 0 Å². The highest BCUT2D eigenvalue weighted by atomic mass is 16.6. The van der Waals surface area contributed by atoms with Gasteiger partial charge in [0.15, 0.2) is 0 Å². The molecule has 0 radical (unpaired) electrons. The van der Waals surface area contributed by atoms with Gasteiger partial charge in [0.2, 0.25) is 5.91 Å². The highest BCUT2D eigenvalue weighted by Gasteiger charge is 2.26. The standard InChI is InChI=1S/C25H22N8O3/c1-3-24(34)31-8-6-30(7-9-31)22-5-4-17(11-23(22)33(35)36)21-10-18(20-14-27-29(2)15-20)16-32-25(21)19(12-26)13-28-32/h3-5,10-11,13-16H,1,6-9H2,2H3. The number of fused-ring (bicyclic) bond motifs is 1. The first-order valence-corrected chi connectivity index (χ1v) is 11.2. The Balaban J connectivity index is 1.59. The molecule has 1 fully saturated rings. The summed E-state index contributed by atoms with van der Waals surface area (Å²) in [6.45, 7) is 5.38. The van der Waals surface area contributed by atoms with Crippen LogP contribution in [-0.4, -0.2) is 61.3 Å². The van der Waals surface area contributed by atoms with Crippen LogP contribution in [0.2, 0.25) is 0 Å². The number of nitro benzene ring substituents is 1. The van der Waals surface area contributed by atoms with E-state index in [2.05, 4.69) is 22.8 Å². The molecule has 180 valence electrons. The molecule has 11 heteroatoms. The second-order valence-electron chi connectivity index (χ2n) is 8.49. The van der Waals surface area contributed by atoms with Crippen LogP contribution in [0.3, 0.4) is 0 Å². The predicted molar refractivity (Wildman–Crippen MR) is 133 cm³/mol. The van der Waals surface area contributed by atoms with Crippen LogP contribution in [-0.2, 0) is 11.8 Å². The fraction of sp³-hybridized carbons (Fsp3) is 0.200. The number of benzene rings is 1. The molecule has 11 nitrogen and oxygen atoms in total. The van der Waals surface area contributed by atoms with Crippen molar-refractivity contribution in [2.45, 2.75) is 0 Å². The molecule has 5 rings (SSSR count). The number of carbonyl (C=O) groups excluding carboxylic acids is 1. The molecule has 0 N–H and O–H groups in total. The van der Waals surface area contributed by atoms with E-state index in [-0.39, 0.29) is 11.6 Å². The van der Waals surface area contributed by atoms with Crippen molar-refractivity contribution in [1.29, 1.82) is 5.26 Å². The molecule has 0 bridgehead atoms. The summed E-state index contributed by atoms with van der Waals surface area (Å²) in [6.07, 6.45) is 8.16. The fourth-order valence-electron chi connectivity index (χ4n) is 4.55. The van der Waals surface area contributed by atoms with E-state index < -0.39 is 4.92 Å². The maximum Gasteiger partial charge on any atom is 0.293 e. The summed E-state index contributed by atoms with van der Waals surface area (Å²) in [5, 5.41) is 30.3. The van der Waals surface area contributed by atoms with Crippen molar-refractivity contribution < 1.29 is 9.72 Å².